The van der Waals surface area contributed by atoms with Gasteiger partial charge in [-0.15, -0.1) is 0 Å². The lowest BCUT2D eigenvalue weighted by atomic mass is 9.86. The maximum absolute atomic E-state index is 13.5. The molecule has 1 spiro atoms. The fraction of sp³-hybridized carbons (Fsp3) is 0.680. The van der Waals surface area contributed by atoms with Gasteiger partial charge in [0.25, 0.3) is 0 Å². The Morgan fingerprint density at radius 1 is 1.10 bits per heavy atom. The van der Waals surface area contributed by atoms with Gasteiger partial charge in [-0.1, -0.05) is 24.3 Å². The monoisotopic (exact) mass is 425 g/mol. The van der Waals surface area contributed by atoms with E-state index in [1.165, 1.54) is 18.4 Å². The summed E-state index contributed by atoms with van der Waals surface area (Å²) in [5, 5.41) is 0. The third-order valence-electron chi connectivity index (χ3n) is 7.86. The number of hydrogen-bond donors (Lipinski definition) is 0. The molecule has 6 heteroatoms. The van der Waals surface area contributed by atoms with Crippen molar-refractivity contribution in [1.82, 2.24) is 14.7 Å². The Bertz CT molecular complexity index is 823. The van der Waals surface area contributed by atoms with E-state index in [0.717, 1.165) is 70.6 Å². The van der Waals surface area contributed by atoms with Gasteiger partial charge in [0.2, 0.25) is 5.91 Å². The minimum atomic E-state index is -0.0672. The summed E-state index contributed by atoms with van der Waals surface area (Å²) in [5.41, 5.74) is 2.22. The van der Waals surface area contributed by atoms with Crippen LogP contribution in [0.3, 0.4) is 0 Å². The number of hydrogen-bond acceptors (Lipinski definition) is 3. The van der Waals surface area contributed by atoms with Crippen molar-refractivity contribution >= 4 is 11.9 Å². The number of rotatable bonds is 5. The molecule has 31 heavy (non-hydrogen) atoms. The first-order valence-corrected chi connectivity index (χ1v) is 12.0. The number of likely N-dealkylation sites (tertiary alicyclic amines) is 1. The van der Waals surface area contributed by atoms with Gasteiger partial charge in [-0.25, -0.2) is 4.79 Å². The molecule has 0 aromatic heterocycles. The number of nitrogens with zero attached hydrogens (tertiary/aromatic N) is 3. The second-order valence-electron chi connectivity index (χ2n) is 10.0. The van der Waals surface area contributed by atoms with E-state index in [-0.39, 0.29) is 23.5 Å². The molecule has 3 amide bonds. The normalized spacial score (nSPS) is 24.3. The van der Waals surface area contributed by atoms with Crippen LogP contribution in [0.2, 0.25) is 0 Å². The molecule has 6 nitrogen and oxygen atoms in total. The van der Waals surface area contributed by atoms with Crippen molar-refractivity contribution in [3.8, 4) is 0 Å². The molecule has 4 aliphatic rings. The number of urea groups is 1. The quantitative estimate of drug-likeness (QED) is 0.728. The summed E-state index contributed by atoms with van der Waals surface area (Å²) in [6.07, 6.45) is 6.63. The van der Waals surface area contributed by atoms with Crippen molar-refractivity contribution in [3.63, 3.8) is 0 Å². The fourth-order valence-electron chi connectivity index (χ4n) is 5.76. The number of aryl methyl sites for hydroxylation is 1. The Hall–Kier alpha value is -2.08. The zero-order valence-electron chi connectivity index (χ0n) is 18.7. The van der Waals surface area contributed by atoms with E-state index in [4.69, 9.17) is 4.74 Å². The summed E-state index contributed by atoms with van der Waals surface area (Å²) in [5.74, 6) is 0.915. The van der Waals surface area contributed by atoms with E-state index in [1.54, 1.807) is 0 Å². The van der Waals surface area contributed by atoms with Crippen molar-refractivity contribution in [3.05, 3.63) is 35.4 Å². The molecule has 3 saturated heterocycles. The molecular weight excluding hydrogens is 390 g/mol. The summed E-state index contributed by atoms with van der Waals surface area (Å²) in [7, 11) is 0. The van der Waals surface area contributed by atoms with E-state index in [1.807, 2.05) is 23.1 Å². The van der Waals surface area contributed by atoms with Crippen molar-refractivity contribution < 1.29 is 14.3 Å². The van der Waals surface area contributed by atoms with Crippen LogP contribution < -0.4 is 0 Å². The Morgan fingerprint density at radius 3 is 2.48 bits per heavy atom. The SMILES string of the molecule is Cc1ccccc1CC(=O)N1CCC(N2C(=O)N(CC3CC3)CC23CCOCC3)CC1. The van der Waals surface area contributed by atoms with Gasteiger partial charge in [0.1, 0.15) is 0 Å². The van der Waals surface area contributed by atoms with Crippen LogP contribution in [0.25, 0.3) is 0 Å². The van der Waals surface area contributed by atoms with Gasteiger partial charge in [-0.2, -0.15) is 0 Å². The molecule has 1 aromatic carbocycles. The molecule has 0 atom stereocenters. The molecule has 3 aliphatic heterocycles. The van der Waals surface area contributed by atoms with Gasteiger partial charge in [-0.3, -0.25) is 4.79 Å². The van der Waals surface area contributed by atoms with Crippen LogP contribution in [0.4, 0.5) is 4.79 Å². The molecule has 0 bridgehead atoms. The zero-order chi connectivity index (χ0) is 21.4. The van der Waals surface area contributed by atoms with Gasteiger partial charge in [0, 0.05) is 45.4 Å². The van der Waals surface area contributed by atoms with Crippen LogP contribution in [-0.2, 0) is 16.0 Å². The van der Waals surface area contributed by atoms with E-state index in [2.05, 4.69) is 22.8 Å². The molecule has 0 radical (unpaired) electrons. The first kappa shape index (κ1) is 20.8. The molecule has 0 N–H and O–H groups in total. The summed E-state index contributed by atoms with van der Waals surface area (Å²) >= 11 is 0. The maximum atomic E-state index is 13.5. The third-order valence-corrected chi connectivity index (χ3v) is 7.86. The summed E-state index contributed by atoms with van der Waals surface area (Å²) in [4.78, 5) is 32.7. The minimum absolute atomic E-state index is 0.0672. The van der Waals surface area contributed by atoms with E-state index < -0.39 is 0 Å². The Balaban J connectivity index is 1.24. The molecule has 1 aliphatic carbocycles. The van der Waals surface area contributed by atoms with E-state index in [9.17, 15) is 9.59 Å². The average molecular weight is 426 g/mol. The van der Waals surface area contributed by atoms with Crippen LogP contribution in [-0.4, -0.2) is 77.6 Å². The molecule has 1 aromatic rings. The average Bonchev–Trinajstić information content (AvgIpc) is 3.56. The Kier molecular flexibility index (Phi) is 5.67. The van der Waals surface area contributed by atoms with Crippen LogP contribution in [0.5, 0.6) is 0 Å². The van der Waals surface area contributed by atoms with Gasteiger partial charge < -0.3 is 19.4 Å². The van der Waals surface area contributed by atoms with Crippen molar-refractivity contribution in [2.75, 3.05) is 39.4 Å². The number of amides is 3. The summed E-state index contributed by atoms with van der Waals surface area (Å²) in [6.45, 7) is 6.82. The predicted octanol–water partition coefficient (Wildman–Crippen LogP) is 3.23. The smallest absolute Gasteiger partial charge is 0.320 e. The van der Waals surface area contributed by atoms with Gasteiger partial charge in [-0.05, 0) is 62.5 Å². The second-order valence-corrected chi connectivity index (χ2v) is 10.0. The third kappa shape index (κ3) is 4.19. The molecule has 3 heterocycles. The molecule has 1 saturated carbocycles. The number of carbonyl (C=O) groups is 2. The van der Waals surface area contributed by atoms with Gasteiger partial charge >= 0.3 is 6.03 Å². The topological polar surface area (TPSA) is 53.1 Å². The number of piperidine rings is 1. The van der Waals surface area contributed by atoms with Crippen LogP contribution >= 0.6 is 0 Å². The molecule has 4 fully saturated rings. The summed E-state index contributed by atoms with van der Waals surface area (Å²) < 4.78 is 5.66. The lowest BCUT2D eigenvalue weighted by Crippen LogP contribution is -2.57. The lowest BCUT2D eigenvalue weighted by Gasteiger charge is -2.46. The van der Waals surface area contributed by atoms with Gasteiger partial charge in [0.05, 0.1) is 12.0 Å². The lowest BCUT2D eigenvalue weighted by molar-refractivity contribution is -0.132. The largest absolute Gasteiger partial charge is 0.381 e. The first-order chi connectivity index (χ1) is 15.1. The highest BCUT2D eigenvalue weighted by Crippen LogP contribution is 2.41. The molecule has 0 unspecified atom stereocenters. The van der Waals surface area contributed by atoms with Gasteiger partial charge in [0.15, 0.2) is 0 Å². The Labute approximate surface area is 185 Å². The molecule has 168 valence electrons. The van der Waals surface area contributed by atoms with Crippen molar-refractivity contribution in [2.24, 2.45) is 5.92 Å². The van der Waals surface area contributed by atoms with Crippen molar-refractivity contribution in [1.29, 1.82) is 0 Å². The molecular formula is C25H35N3O3. The standard InChI is InChI=1S/C25H35N3O3/c1-19-4-2-3-5-21(19)16-23(29)26-12-8-22(9-13-26)28-24(30)27(17-20-6-7-20)18-25(28)10-14-31-15-11-25/h2-5,20,22H,6-18H2,1H3. The Morgan fingerprint density at radius 2 is 1.81 bits per heavy atom. The molecule has 5 rings (SSSR count). The number of benzene rings is 1. The van der Waals surface area contributed by atoms with Crippen LogP contribution in [0.15, 0.2) is 24.3 Å². The van der Waals surface area contributed by atoms with Crippen LogP contribution in [0, 0.1) is 12.8 Å². The zero-order valence-corrected chi connectivity index (χ0v) is 18.7. The first-order valence-electron chi connectivity index (χ1n) is 12.0. The van der Waals surface area contributed by atoms with E-state index >= 15 is 0 Å². The van der Waals surface area contributed by atoms with E-state index in [0.29, 0.717) is 12.3 Å². The summed E-state index contributed by atoms with van der Waals surface area (Å²) in [6, 6.07) is 8.60. The second kappa shape index (κ2) is 8.45. The highest BCUT2D eigenvalue weighted by Gasteiger charge is 2.53. The number of carbonyl (C=O) groups excluding carboxylic acids is 2. The number of ether oxygens (including phenoxy) is 1. The minimum Gasteiger partial charge on any atom is -0.381 e. The van der Waals surface area contributed by atoms with Crippen molar-refractivity contribution in [2.45, 2.75) is 63.5 Å². The maximum Gasteiger partial charge on any atom is 0.320 e. The fourth-order valence-corrected chi connectivity index (χ4v) is 5.76. The van der Waals surface area contributed by atoms with Crippen LogP contribution in [0.1, 0.15) is 49.7 Å². The highest BCUT2D eigenvalue weighted by molar-refractivity contribution is 5.80. The highest BCUT2D eigenvalue weighted by atomic mass is 16.5. The predicted molar refractivity (Wildman–Crippen MR) is 119 cm³/mol.